The zero-order chi connectivity index (χ0) is 13.2. The predicted octanol–water partition coefficient (Wildman–Crippen LogP) is 2.89. The number of unbranched alkanes of at least 4 members (excludes halogenated alkanes) is 3. The highest BCUT2D eigenvalue weighted by Crippen LogP contribution is 1.99. The van der Waals surface area contributed by atoms with E-state index in [0.29, 0.717) is 0 Å². The second kappa shape index (κ2) is 11.1. The summed E-state index contributed by atoms with van der Waals surface area (Å²) in [6.07, 6.45) is 9.26. The first-order valence-electron chi connectivity index (χ1n) is 6.81. The number of guanidine groups is 1. The van der Waals surface area contributed by atoms with Crippen LogP contribution in [-0.4, -0.2) is 24.1 Å². The van der Waals surface area contributed by atoms with E-state index in [1.54, 1.807) is 0 Å². The average molecular weight is 378 g/mol. The Morgan fingerprint density at radius 1 is 1.26 bits per heavy atom. The Bertz CT molecular complexity index is 360. The first kappa shape index (κ1) is 18.3. The van der Waals surface area contributed by atoms with E-state index < -0.39 is 0 Å². The Labute approximate surface area is 134 Å². The number of aliphatic imine (C=N–C) groups is 1. The third-order valence-corrected chi connectivity index (χ3v) is 2.90. The van der Waals surface area contributed by atoms with Gasteiger partial charge in [-0.25, -0.2) is 0 Å². The molecule has 0 spiro atoms. The van der Waals surface area contributed by atoms with Crippen molar-refractivity contribution in [3.8, 4) is 0 Å². The van der Waals surface area contributed by atoms with Gasteiger partial charge in [0, 0.05) is 39.6 Å². The van der Waals surface area contributed by atoms with E-state index in [1.165, 1.54) is 31.2 Å². The fraction of sp³-hybridized carbons (Fsp3) is 0.643. The van der Waals surface area contributed by atoms with Crippen molar-refractivity contribution in [3.63, 3.8) is 0 Å². The van der Waals surface area contributed by atoms with Crippen LogP contribution in [0.3, 0.4) is 0 Å². The van der Waals surface area contributed by atoms with Crippen molar-refractivity contribution in [1.29, 1.82) is 0 Å². The summed E-state index contributed by atoms with van der Waals surface area (Å²) in [5.74, 6) is 0.885. The molecule has 0 saturated heterocycles. The van der Waals surface area contributed by atoms with Crippen LogP contribution in [0.25, 0.3) is 0 Å². The largest absolute Gasteiger partial charge is 0.357 e. The number of hydrogen-bond acceptors (Lipinski definition) is 1. The molecule has 0 aliphatic carbocycles. The molecule has 0 aliphatic heterocycles. The van der Waals surface area contributed by atoms with Gasteiger partial charge in [-0.3, -0.25) is 4.99 Å². The van der Waals surface area contributed by atoms with Crippen molar-refractivity contribution in [2.24, 2.45) is 12.0 Å². The Balaban J connectivity index is 0.00000324. The summed E-state index contributed by atoms with van der Waals surface area (Å²) in [5, 5.41) is 6.65. The molecule has 1 rings (SSSR count). The van der Waals surface area contributed by atoms with E-state index in [2.05, 4.69) is 45.6 Å². The molecule has 1 aromatic heterocycles. The van der Waals surface area contributed by atoms with E-state index in [4.69, 9.17) is 0 Å². The Kier molecular flexibility index (Phi) is 10.7. The number of halogens is 1. The molecule has 0 amide bonds. The number of aryl methyl sites for hydroxylation is 1. The normalized spacial score (nSPS) is 11.0. The smallest absolute Gasteiger partial charge is 0.191 e. The monoisotopic (exact) mass is 378 g/mol. The van der Waals surface area contributed by atoms with Crippen molar-refractivity contribution in [1.82, 2.24) is 15.2 Å². The lowest BCUT2D eigenvalue weighted by Crippen LogP contribution is -2.37. The Morgan fingerprint density at radius 2 is 2.05 bits per heavy atom. The van der Waals surface area contributed by atoms with Crippen LogP contribution in [0, 0.1) is 0 Å². The van der Waals surface area contributed by atoms with Gasteiger partial charge in [0.2, 0.25) is 0 Å². The van der Waals surface area contributed by atoms with Gasteiger partial charge in [0.25, 0.3) is 0 Å². The molecule has 2 N–H and O–H groups in total. The molecule has 5 heteroatoms. The summed E-state index contributed by atoms with van der Waals surface area (Å²) in [4.78, 5) is 4.22. The van der Waals surface area contributed by atoms with E-state index >= 15 is 0 Å². The van der Waals surface area contributed by atoms with Crippen LogP contribution in [0.4, 0.5) is 0 Å². The molecule has 19 heavy (non-hydrogen) atoms. The fourth-order valence-corrected chi connectivity index (χ4v) is 1.83. The molecule has 0 atom stereocenters. The zero-order valence-electron chi connectivity index (χ0n) is 12.3. The minimum absolute atomic E-state index is 0. The highest BCUT2D eigenvalue weighted by molar-refractivity contribution is 14.0. The number of nitrogens with one attached hydrogen (secondary N) is 2. The predicted molar refractivity (Wildman–Crippen MR) is 93.2 cm³/mol. The van der Waals surface area contributed by atoms with Crippen LogP contribution < -0.4 is 10.6 Å². The maximum Gasteiger partial charge on any atom is 0.191 e. The SMILES string of the molecule is CCCCCCNC(=NC)NCc1ccn(C)c1.I. The minimum Gasteiger partial charge on any atom is -0.357 e. The molecule has 110 valence electrons. The van der Waals surface area contributed by atoms with Crippen LogP contribution in [0.2, 0.25) is 0 Å². The van der Waals surface area contributed by atoms with E-state index in [0.717, 1.165) is 19.0 Å². The highest BCUT2D eigenvalue weighted by Gasteiger charge is 1.98. The third-order valence-electron chi connectivity index (χ3n) is 2.90. The molecule has 1 heterocycles. The topological polar surface area (TPSA) is 41.4 Å². The standard InChI is InChI=1S/C14H26N4.HI/c1-4-5-6-7-9-16-14(15-2)17-11-13-8-10-18(3)12-13;/h8,10,12H,4-7,9,11H2,1-3H3,(H2,15,16,17);1H. The lowest BCUT2D eigenvalue weighted by atomic mass is 10.2. The van der Waals surface area contributed by atoms with Gasteiger partial charge in [-0.2, -0.15) is 0 Å². The van der Waals surface area contributed by atoms with Crippen LogP contribution >= 0.6 is 24.0 Å². The van der Waals surface area contributed by atoms with Gasteiger partial charge in [-0.15, -0.1) is 24.0 Å². The fourth-order valence-electron chi connectivity index (χ4n) is 1.83. The van der Waals surface area contributed by atoms with Gasteiger partial charge in [-0.1, -0.05) is 26.2 Å². The minimum atomic E-state index is 0. The van der Waals surface area contributed by atoms with Gasteiger partial charge in [0.1, 0.15) is 0 Å². The number of hydrogen-bond donors (Lipinski definition) is 2. The van der Waals surface area contributed by atoms with Crippen LogP contribution in [0.15, 0.2) is 23.5 Å². The number of rotatable bonds is 7. The first-order valence-corrected chi connectivity index (χ1v) is 6.81. The van der Waals surface area contributed by atoms with Crippen LogP contribution in [0.5, 0.6) is 0 Å². The van der Waals surface area contributed by atoms with Crippen molar-refractivity contribution >= 4 is 29.9 Å². The molecular weight excluding hydrogens is 351 g/mol. The number of nitrogens with zero attached hydrogens (tertiary/aromatic N) is 2. The van der Waals surface area contributed by atoms with E-state index in [9.17, 15) is 0 Å². The van der Waals surface area contributed by atoms with Gasteiger partial charge < -0.3 is 15.2 Å². The third kappa shape index (κ3) is 8.13. The van der Waals surface area contributed by atoms with Crippen molar-refractivity contribution in [2.75, 3.05) is 13.6 Å². The molecule has 0 aliphatic rings. The average Bonchev–Trinajstić information content (AvgIpc) is 2.78. The summed E-state index contributed by atoms with van der Waals surface area (Å²) in [5.41, 5.74) is 1.27. The lowest BCUT2D eigenvalue weighted by molar-refractivity contribution is 0.647. The maximum atomic E-state index is 4.22. The van der Waals surface area contributed by atoms with Gasteiger partial charge in [0.05, 0.1) is 0 Å². The molecule has 0 bridgehead atoms. The molecule has 0 aromatic carbocycles. The lowest BCUT2D eigenvalue weighted by Gasteiger charge is -2.11. The summed E-state index contributed by atoms with van der Waals surface area (Å²) < 4.78 is 2.05. The summed E-state index contributed by atoms with van der Waals surface area (Å²) in [6, 6.07) is 2.11. The van der Waals surface area contributed by atoms with Crippen molar-refractivity contribution in [2.45, 2.75) is 39.2 Å². The maximum absolute atomic E-state index is 4.22. The molecule has 0 fully saturated rings. The summed E-state index contributed by atoms with van der Waals surface area (Å²) in [6.45, 7) is 4.04. The second-order valence-corrected chi connectivity index (χ2v) is 4.60. The molecular formula is C14H27IN4. The molecule has 0 saturated carbocycles. The summed E-state index contributed by atoms with van der Waals surface area (Å²) >= 11 is 0. The van der Waals surface area contributed by atoms with Crippen molar-refractivity contribution < 1.29 is 0 Å². The Hall–Kier alpha value is -0.720. The molecule has 0 radical (unpaired) electrons. The highest BCUT2D eigenvalue weighted by atomic mass is 127. The van der Waals surface area contributed by atoms with Gasteiger partial charge in [-0.05, 0) is 18.1 Å². The van der Waals surface area contributed by atoms with E-state index in [1.807, 2.05) is 14.1 Å². The quantitative estimate of drug-likeness (QED) is 0.332. The summed E-state index contributed by atoms with van der Waals surface area (Å²) in [7, 11) is 3.84. The molecule has 0 unspecified atom stereocenters. The first-order chi connectivity index (χ1) is 8.76. The van der Waals surface area contributed by atoms with Gasteiger partial charge >= 0.3 is 0 Å². The van der Waals surface area contributed by atoms with Gasteiger partial charge in [0.15, 0.2) is 5.96 Å². The number of aromatic nitrogens is 1. The van der Waals surface area contributed by atoms with Crippen LogP contribution in [0.1, 0.15) is 38.2 Å². The molecule has 1 aromatic rings. The van der Waals surface area contributed by atoms with Crippen LogP contribution in [-0.2, 0) is 13.6 Å². The Morgan fingerprint density at radius 3 is 2.63 bits per heavy atom. The van der Waals surface area contributed by atoms with E-state index in [-0.39, 0.29) is 24.0 Å². The van der Waals surface area contributed by atoms with Crippen molar-refractivity contribution in [3.05, 3.63) is 24.0 Å². The molecule has 4 nitrogen and oxygen atoms in total. The second-order valence-electron chi connectivity index (χ2n) is 4.60. The zero-order valence-corrected chi connectivity index (χ0v) is 14.6.